The Morgan fingerprint density at radius 3 is 2.70 bits per heavy atom. The number of benzene rings is 1. The van der Waals surface area contributed by atoms with Gasteiger partial charge in [0.25, 0.3) is 0 Å². The molecule has 2 aromatic rings. The van der Waals surface area contributed by atoms with Gasteiger partial charge in [-0.2, -0.15) is 10.4 Å². The molecule has 1 heterocycles. The average molecular weight is 266 g/mol. The molecule has 0 radical (unpaired) electrons. The number of hydrogen-bond acceptors (Lipinski definition) is 3. The fourth-order valence-electron chi connectivity index (χ4n) is 1.82. The summed E-state index contributed by atoms with van der Waals surface area (Å²) >= 11 is 0. The van der Waals surface area contributed by atoms with Crippen molar-refractivity contribution in [3.05, 3.63) is 53.3 Å². The molecular weight excluding hydrogens is 252 g/mol. The van der Waals surface area contributed by atoms with E-state index in [9.17, 15) is 0 Å². The monoisotopic (exact) mass is 266 g/mol. The molecule has 0 bridgehead atoms. The Morgan fingerprint density at radius 1 is 1.30 bits per heavy atom. The van der Waals surface area contributed by atoms with E-state index < -0.39 is 0 Å². The normalized spacial score (nSPS) is 10.4. The quantitative estimate of drug-likeness (QED) is 0.496. The summed E-state index contributed by atoms with van der Waals surface area (Å²) in [6.07, 6.45) is 5.01. The van der Waals surface area contributed by atoms with Gasteiger partial charge in [0.05, 0.1) is 11.8 Å². The van der Waals surface area contributed by atoms with Gasteiger partial charge in [0, 0.05) is 23.6 Å². The fourth-order valence-corrected chi connectivity index (χ4v) is 1.82. The number of hydrogen-bond donors (Lipinski definition) is 2. The molecule has 0 aliphatic rings. The van der Waals surface area contributed by atoms with E-state index in [1.54, 1.807) is 6.20 Å². The first-order valence-electron chi connectivity index (χ1n) is 5.92. The molecule has 0 saturated carbocycles. The fraction of sp³-hybridized carbons (Fsp3) is 0.0714. The van der Waals surface area contributed by atoms with Gasteiger partial charge < -0.3 is 16.0 Å². The third-order valence-electron chi connectivity index (χ3n) is 2.74. The average Bonchev–Trinajstić information content (AvgIpc) is 2.82. The van der Waals surface area contributed by atoms with Gasteiger partial charge in [-0.15, -0.1) is 5.10 Å². The lowest BCUT2D eigenvalue weighted by molar-refractivity contribution is 1.06. The van der Waals surface area contributed by atoms with Gasteiger partial charge in [-0.05, 0) is 18.6 Å². The number of guanidine groups is 1. The molecule has 0 spiro atoms. The molecular formula is C14H14N6. The zero-order valence-corrected chi connectivity index (χ0v) is 11.0. The summed E-state index contributed by atoms with van der Waals surface area (Å²) in [5.41, 5.74) is 13.6. The molecule has 6 nitrogen and oxygen atoms in total. The molecule has 20 heavy (non-hydrogen) atoms. The molecule has 1 aromatic heterocycles. The zero-order valence-electron chi connectivity index (χ0n) is 11.0. The van der Waals surface area contributed by atoms with Crippen LogP contribution in [-0.2, 0) is 0 Å². The summed E-state index contributed by atoms with van der Waals surface area (Å²) < 4.78 is 1.88. The summed E-state index contributed by atoms with van der Waals surface area (Å²) in [6, 6.07) is 10.0. The van der Waals surface area contributed by atoms with Crippen LogP contribution < -0.4 is 11.5 Å². The minimum Gasteiger partial charge on any atom is -0.369 e. The SMILES string of the molecule is Cc1ccccc1-n1cc(C#N)c(/C=N/N=C(N)N)c1. The smallest absolute Gasteiger partial charge is 0.211 e. The van der Waals surface area contributed by atoms with E-state index >= 15 is 0 Å². The predicted octanol–water partition coefficient (Wildman–Crippen LogP) is 1.26. The van der Waals surface area contributed by atoms with Crippen molar-refractivity contribution < 1.29 is 0 Å². The highest BCUT2D eigenvalue weighted by molar-refractivity contribution is 5.84. The summed E-state index contributed by atoms with van der Waals surface area (Å²) in [4.78, 5) is 0. The van der Waals surface area contributed by atoms with E-state index in [0.717, 1.165) is 11.3 Å². The Labute approximate surface area is 116 Å². The number of nitrogens with two attached hydrogens (primary N) is 2. The highest BCUT2D eigenvalue weighted by Crippen LogP contribution is 2.17. The first-order valence-corrected chi connectivity index (χ1v) is 5.92. The van der Waals surface area contributed by atoms with Gasteiger partial charge in [-0.3, -0.25) is 0 Å². The topological polar surface area (TPSA) is 105 Å². The molecule has 1 aromatic carbocycles. The molecule has 0 unspecified atom stereocenters. The van der Waals surface area contributed by atoms with E-state index in [2.05, 4.69) is 16.3 Å². The summed E-state index contributed by atoms with van der Waals surface area (Å²) in [7, 11) is 0. The minimum absolute atomic E-state index is 0.127. The molecule has 100 valence electrons. The van der Waals surface area contributed by atoms with Crippen LogP contribution in [0.2, 0.25) is 0 Å². The number of rotatable bonds is 3. The van der Waals surface area contributed by atoms with Crippen molar-refractivity contribution in [1.29, 1.82) is 5.26 Å². The van der Waals surface area contributed by atoms with Crippen molar-refractivity contribution >= 4 is 12.2 Å². The number of aromatic nitrogens is 1. The Morgan fingerprint density at radius 2 is 2.05 bits per heavy atom. The molecule has 0 fully saturated rings. The standard InChI is InChI=1S/C14H14N6/c1-10-4-2-3-5-13(10)20-8-11(6-15)12(9-20)7-18-19-14(16)17/h2-5,7-9H,1H3,(H4,16,17,19)/b18-7+. The van der Waals surface area contributed by atoms with E-state index in [-0.39, 0.29) is 5.96 Å². The molecule has 6 heteroatoms. The molecule has 2 rings (SSSR count). The number of nitriles is 1. The van der Waals surface area contributed by atoms with E-state index in [4.69, 9.17) is 16.7 Å². The second-order valence-electron chi connectivity index (χ2n) is 4.20. The van der Waals surface area contributed by atoms with Crippen molar-refractivity contribution in [2.75, 3.05) is 0 Å². The van der Waals surface area contributed by atoms with Crippen LogP contribution in [0.5, 0.6) is 0 Å². The lowest BCUT2D eigenvalue weighted by Gasteiger charge is -2.05. The van der Waals surface area contributed by atoms with Crippen LogP contribution in [0.1, 0.15) is 16.7 Å². The lowest BCUT2D eigenvalue weighted by atomic mass is 10.2. The van der Waals surface area contributed by atoms with Crippen LogP contribution >= 0.6 is 0 Å². The van der Waals surface area contributed by atoms with Gasteiger partial charge >= 0.3 is 0 Å². The second-order valence-corrected chi connectivity index (χ2v) is 4.20. The Bertz CT molecular complexity index is 714. The van der Waals surface area contributed by atoms with Crippen molar-refractivity contribution in [3.63, 3.8) is 0 Å². The minimum atomic E-state index is -0.127. The van der Waals surface area contributed by atoms with E-state index in [0.29, 0.717) is 11.1 Å². The number of aryl methyl sites for hydroxylation is 1. The molecule has 0 saturated heterocycles. The highest BCUT2D eigenvalue weighted by Gasteiger charge is 2.07. The van der Waals surface area contributed by atoms with Gasteiger partial charge in [-0.25, -0.2) is 0 Å². The van der Waals surface area contributed by atoms with Crippen molar-refractivity contribution in [1.82, 2.24) is 4.57 Å². The maximum absolute atomic E-state index is 9.15. The van der Waals surface area contributed by atoms with Gasteiger partial charge in [-0.1, -0.05) is 18.2 Å². The molecule has 0 amide bonds. The predicted molar refractivity (Wildman–Crippen MR) is 78.6 cm³/mol. The van der Waals surface area contributed by atoms with Gasteiger partial charge in [0.1, 0.15) is 6.07 Å². The molecule has 0 aliphatic heterocycles. The van der Waals surface area contributed by atoms with Crippen LogP contribution in [0.15, 0.2) is 46.9 Å². The van der Waals surface area contributed by atoms with Crippen LogP contribution in [-0.4, -0.2) is 16.7 Å². The van der Waals surface area contributed by atoms with E-state index in [1.807, 2.05) is 42.0 Å². The first-order chi connectivity index (χ1) is 9.61. The maximum atomic E-state index is 9.15. The summed E-state index contributed by atoms with van der Waals surface area (Å²) in [5, 5.41) is 16.4. The Kier molecular flexibility index (Phi) is 3.82. The van der Waals surface area contributed by atoms with Crippen LogP contribution in [0.25, 0.3) is 5.69 Å². The number of nitrogens with zero attached hydrogens (tertiary/aromatic N) is 4. The zero-order chi connectivity index (χ0) is 14.5. The van der Waals surface area contributed by atoms with Crippen LogP contribution in [0.3, 0.4) is 0 Å². The first kappa shape index (κ1) is 13.4. The number of para-hydroxylation sites is 1. The van der Waals surface area contributed by atoms with Crippen molar-refractivity contribution in [3.8, 4) is 11.8 Å². The van der Waals surface area contributed by atoms with Crippen LogP contribution in [0, 0.1) is 18.3 Å². The molecule has 0 atom stereocenters. The maximum Gasteiger partial charge on any atom is 0.211 e. The van der Waals surface area contributed by atoms with Crippen molar-refractivity contribution in [2.45, 2.75) is 6.92 Å². The van der Waals surface area contributed by atoms with Crippen LogP contribution in [0.4, 0.5) is 0 Å². The largest absolute Gasteiger partial charge is 0.369 e. The second kappa shape index (κ2) is 5.71. The van der Waals surface area contributed by atoms with Gasteiger partial charge in [0.2, 0.25) is 5.96 Å². The lowest BCUT2D eigenvalue weighted by Crippen LogP contribution is -2.21. The van der Waals surface area contributed by atoms with Gasteiger partial charge in [0.15, 0.2) is 0 Å². The third-order valence-corrected chi connectivity index (χ3v) is 2.74. The van der Waals surface area contributed by atoms with Crippen molar-refractivity contribution in [2.24, 2.45) is 21.7 Å². The molecule has 4 N–H and O–H groups in total. The third kappa shape index (κ3) is 2.84. The summed E-state index contributed by atoms with van der Waals surface area (Å²) in [6.45, 7) is 2.01. The highest BCUT2D eigenvalue weighted by atomic mass is 15.3. The Balaban J connectivity index is 2.42. The molecule has 0 aliphatic carbocycles. The van der Waals surface area contributed by atoms with E-state index in [1.165, 1.54) is 6.21 Å². The Hall–Kier alpha value is -3.07. The summed E-state index contributed by atoms with van der Waals surface area (Å²) in [5.74, 6) is -0.127.